The smallest absolute Gasteiger partial charge is 0.169 e. The molecule has 4 rings (SSSR count). The van der Waals surface area contributed by atoms with Gasteiger partial charge in [-0.2, -0.15) is 0 Å². The number of nitrogens with zero attached hydrogens (tertiary/aromatic N) is 2. The molecule has 0 spiro atoms. The first-order chi connectivity index (χ1) is 12.2. The zero-order valence-corrected chi connectivity index (χ0v) is 15.2. The number of hydrogen-bond donors (Lipinski definition) is 1. The first kappa shape index (κ1) is 16.8. The van der Waals surface area contributed by atoms with E-state index in [0.29, 0.717) is 24.4 Å². The molecule has 2 fully saturated rings. The molecule has 1 N–H and O–H groups in total. The third kappa shape index (κ3) is 4.14. The molecule has 5 nitrogen and oxygen atoms in total. The van der Waals surface area contributed by atoms with Gasteiger partial charge < -0.3 is 10.1 Å². The number of Topliss-reactive ketones (excluding diaryl/α,β-unsaturated/α-hetero) is 1. The van der Waals surface area contributed by atoms with Crippen LogP contribution in [0.2, 0.25) is 0 Å². The fraction of sp³-hybridized carbons (Fsp3) is 0.526. The Morgan fingerprint density at radius 1 is 1.32 bits per heavy atom. The van der Waals surface area contributed by atoms with Crippen molar-refractivity contribution >= 4 is 17.1 Å². The molecule has 2 unspecified atom stereocenters. The van der Waals surface area contributed by atoms with Crippen molar-refractivity contribution in [3.8, 4) is 0 Å². The number of ketones is 1. The SMILES string of the molecule is Cc1nnc(CC(=O)c2cccc(C3CC3NC3CCOCC3)c2)s1. The number of carbonyl (C=O) groups is 1. The lowest BCUT2D eigenvalue weighted by Gasteiger charge is -2.23. The van der Waals surface area contributed by atoms with Crippen LogP contribution in [0.1, 0.15) is 51.1 Å². The van der Waals surface area contributed by atoms with Crippen LogP contribution >= 0.6 is 11.3 Å². The van der Waals surface area contributed by atoms with Gasteiger partial charge >= 0.3 is 0 Å². The van der Waals surface area contributed by atoms with Gasteiger partial charge in [0.05, 0.1) is 6.42 Å². The van der Waals surface area contributed by atoms with E-state index in [2.05, 4.69) is 27.6 Å². The van der Waals surface area contributed by atoms with Crippen LogP contribution in [0.5, 0.6) is 0 Å². The summed E-state index contributed by atoms with van der Waals surface area (Å²) in [5, 5.41) is 13.5. The molecule has 2 heterocycles. The predicted octanol–water partition coefficient (Wildman–Crippen LogP) is 2.90. The zero-order chi connectivity index (χ0) is 17.2. The van der Waals surface area contributed by atoms with Crippen molar-refractivity contribution < 1.29 is 9.53 Å². The standard InChI is InChI=1S/C19H23N3O2S/c1-12-21-22-19(25-12)11-18(23)14-4-2-3-13(9-14)16-10-17(16)20-15-5-7-24-8-6-15/h2-4,9,15-17,20H,5-8,10-11H2,1H3. The van der Waals surface area contributed by atoms with Crippen molar-refractivity contribution in [1.29, 1.82) is 0 Å². The predicted molar refractivity (Wildman–Crippen MR) is 97.2 cm³/mol. The highest BCUT2D eigenvalue weighted by Gasteiger charge is 2.39. The highest BCUT2D eigenvalue weighted by molar-refractivity contribution is 7.11. The lowest BCUT2D eigenvalue weighted by molar-refractivity contribution is 0.0774. The van der Waals surface area contributed by atoms with Crippen LogP contribution in [0, 0.1) is 6.92 Å². The van der Waals surface area contributed by atoms with Crippen molar-refractivity contribution in [2.75, 3.05) is 13.2 Å². The molecular formula is C19H23N3O2S. The second kappa shape index (κ2) is 7.32. The van der Waals surface area contributed by atoms with Crippen molar-refractivity contribution in [1.82, 2.24) is 15.5 Å². The fourth-order valence-corrected chi connectivity index (χ4v) is 4.21. The van der Waals surface area contributed by atoms with Crippen molar-refractivity contribution in [3.05, 3.63) is 45.4 Å². The summed E-state index contributed by atoms with van der Waals surface area (Å²) in [7, 11) is 0. The second-order valence-electron chi connectivity index (χ2n) is 6.94. The van der Waals surface area contributed by atoms with E-state index < -0.39 is 0 Å². The fourth-order valence-electron chi connectivity index (χ4n) is 3.51. The van der Waals surface area contributed by atoms with E-state index >= 15 is 0 Å². The maximum absolute atomic E-state index is 12.5. The summed E-state index contributed by atoms with van der Waals surface area (Å²) in [6.45, 7) is 3.64. The van der Waals surface area contributed by atoms with Gasteiger partial charge in [0.1, 0.15) is 10.0 Å². The van der Waals surface area contributed by atoms with E-state index in [1.807, 2.05) is 19.1 Å². The minimum atomic E-state index is 0.118. The van der Waals surface area contributed by atoms with Crippen LogP contribution in [0.3, 0.4) is 0 Å². The topological polar surface area (TPSA) is 64.1 Å². The highest BCUT2D eigenvalue weighted by Crippen LogP contribution is 2.41. The van der Waals surface area contributed by atoms with Crippen LogP contribution in [-0.2, 0) is 11.2 Å². The average molecular weight is 357 g/mol. The Hall–Kier alpha value is -1.63. The maximum atomic E-state index is 12.5. The molecule has 25 heavy (non-hydrogen) atoms. The number of aryl methyl sites for hydroxylation is 1. The molecule has 132 valence electrons. The van der Waals surface area contributed by atoms with Crippen molar-refractivity contribution in [3.63, 3.8) is 0 Å². The summed E-state index contributed by atoms with van der Waals surface area (Å²) in [6, 6.07) is 9.23. The quantitative estimate of drug-likeness (QED) is 0.806. The van der Waals surface area contributed by atoms with Gasteiger partial charge in [-0.05, 0) is 37.8 Å². The van der Waals surface area contributed by atoms with E-state index in [0.717, 1.165) is 48.1 Å². The molecule has 1 aromatic carbocycles. The number of benzene rings is 1. The maximum Gasteiger partial charge on any atom is 0.169 e. The molecule has 2 aliphatic rings. The van der Waals surface area contributed by atoms with Crippen molar-refractivity contribution in [2.24, 2.45) is 0 Å². The van der Waals surface area contributed by atoms with E-state index in [4.69, 9.17) is 4.74 Å². The van der Waals surface area contributed by atoms with Gasteiger partial charge in [-0.1, -0.05) is 18.2 Å². The minimum Gasteiger partial charge on any atom is -0.381 e. The summed E-state index contributed by atoms with van der Waals surface area (Å²) >= 11 is 1.49. The normalized spacial score (nSPS) is 23.6. The van der Waals surface area contributed by atoms with E-state index in [1.165, 1.54) is 16.9 Å². The average Bonchev–Trinajstić information content (AvgIpc) is 3.28. The Kier molecular flexibility index (Phi) is 4.92. The van der Waals surface area contributed by atoms with E-state index in [9.17, 15) is 4.79 Å². The lowest BCUT2D eigenvalue weighted by atomic mass is 10.0. The molecule has 1 saturated heterocycles. The van der Waals surface area contributed by atoms with Crippen LogP contribution in [0.25, 0.3) is 0 Å². The molecule has 0 bridgehead atoms. The van der Waals surface area contributed by atoms with E-state index in [1.54, 1.807) is 0 Å². The monoisotopic (exact) mass is 357 g/mol. The second-order valence-corrected chi connectivity index (χ2v) is 8.21. The van der Waals surface area contributed by atoms with Gasteiger partial charge in [0.2, 0.25) is 0 Å². The Morgan fingerprint density at radius 2 is 2.16 bits per heavy atom. The number of ether oxygens (including phenoxy) is 1. The molecule has 2 aromatic rings. The van der Waals surface area contributed by atoms with Crippen LogP contribution in [0.4, 0.5) is 0 Å². The highest BCUT2D eigenvalue weighted by atomic mass is 32.1. The van der Waals surface area contributed by atoms with E-state index in [-0.39, 0.29) is 5.78 Å². The first-order valence-corrected chi connectivity index (χ1v) is 9.76. The molecule has 6 heteroatoms. The van der Waals surface area contributed by atoms with Gasteiger partial charge in [-0.3, -0.25) is 4.79 Å². The summed E-state index contributed by atoms with van der Waals surface area (Å²) < 4.78 is 5.42. The third-order valence-corrected chi connectivity index (χ3v) is 5.82. The van der Waals surface area contributed by atoms with Gasteiger partial charge in [0, 0.05) is 36.8 Å². The van der Waals surface area contributed by atoms with Gasteiger partial charge in [0.15, 0.2) is 5.78 Å². The Morgan fingerprint density at radius 3 is 2.92 bits per heavy atom. The number of rotatable bonds is 6. The molecule has 1 aliphatic carbocycles. The lowest BCUT2D eigenvalue weighted by Crippen LogP contribution is -2.36. The summed E-state index contributed by atoms with van der Waals surface area (Å²) in [4.78, 5) is 12.5. The van der Waals surface area contributed by atoms with Crippen molar-refractivity contribution in [2.45, 2.75) is 50.6 Å². The van der Waals surface area contributed by atoms with Gasteiger partial charge in [0.25, 0.3) is 0 Å². The first-order valence-electron chi connectivity index (χ1n) is 8.95. The zero-order valence-electron chi connectivity index (χ0n) is 14.4. The molecule has 1 saturated carbocycles. The molecule has 2 atom stereocenters. The van der Waals surface area contributed by atoms with Gasteiger partial charge in [-0.15, -0.1) is 21.5 Å². The minimum absolute atomic E-state index is 0.118. The largest absolute Gasteiger partial charge is 0.381 e. The summed E-state index contributed by atoms with van der Waals surface area (Å²) in [5.74, 6) is 0.645. The summed E-state index contributed by atoms with van der Waals surface area (Å²) in [5.41, 5.74) is 2.05. The molecule has 0 amide bonds. The molecular weight excluding hydrogens is 334 g/mol. The number of carbonyl (C=O) groups excluding carboxylic acids is 1. The number of nitrogens with one attached hydrogen (secondary N) is 1. The Balaban J connectivity index is 1.37. The van der Waals surface area contributed by atoms with Crippen LogP contribution < -0.4 is 5.32 Å². The molecule has 0 radical (unpaired) electrons. The molecule has 1 aliphatic heterocycles. The summed E-state index contributed by atoms with van der Waals surface area (Å²) in [6.07, 6.45) is 3.69. The Labute approximate surface area is 151 Å². The van der Waals surface area contributed by atoms with Gasteiger partial charge in [-0.25, -0.2) is 0 Å². The van der Waals surface area contributed by atoms with Crippen LogP contribution in [0.15, 0.2) is 24.3 Å². The third-order valence-electron chi connectivity index (χ3n) is 4.98. The molecule has 1 aromatic heterocycles. The Bertz CT molecular complexity index is 755. The number of hydrogen-bond acceptors (Lipinski definition) is 6. The number of aromatic nitrogens is 2. The van der Waals surface area contributed by atoms with Crippen LogP contribution in [-0.4, -0.2) is 41.3 Å².